The van der Waals surface area contributed by atoms with Gasteiger partial charge in [0.15, 0.2) is 6.61 Å². The molecule has 22 heavy (non-hydrogen) atoms. The van der Waals surface area contributed by atoms with Crippen molar-refractivity contribution in [1.82, 2.24) is 10.6 Å². The molecule has 1 saturated carbocycles. The number of amides is 3. The number of hydrogen-bond acceptors (Lipinski definition) is 4. The quantitative estimate of drug-likeness (QED) is 0.815. The number of nitrogens with one attached hydrogen (secondary N) is 2. The number of aldehydes is 1. The topological polar surface area (TPSA) is 84.5 Å². The molecule has 1 aliphatic carbocycles. The number of rotatable bonds is 5. The number of carbonyl (C=O) groups excluding carboxylic acids is 3. The smallest absolute Gasteiger partial charge is 0.321 e. The molecule has 118 valence electrons. The van der Waals surface area contributed by atoms with Gasteiger partial charge in [-0.05, 0) is 25.0 Å². The van der Waals surface area contributed by atoms with Crippen molar-refractivity contribution in [2.24, 2.45) is 0 Å². The number of benzene rings is 1. The summed E-state index contributed by atoms with van der Waals surface area (Å²) in [5.74, 6) is -0.114. The third-order valence-corrected chi connectivity index (χ3v) is 3.56. The molecule has 1 aliphatic rings. The van der Waals surface area contributed by atoms with Crippen LogP contribution in [0.2, 0.25) is 0 Å². The number of hydrogen-bond donors (Lipinski definition) is 2. The Bertz CT molecular complexity index is 539. The maximum Gasteiger partial charge on any atom is 0.321 e. The summed E-state index contributed by atoms with van der Waals surface area (Å²) in [6, 6.07) is 6.13. The Morgan fingerprint density at radius 1 is 1.23 bits per heavy atom. The summed E-state index contributed by atoms with van der Waals surface area (Å²) >= 11 is 0. The minimum Gasteiger partial charge on any atom is -0.484 e. The van der Waals surface area contributed by atoms with E-state index in [1.54, 1.807) is 18.2 Å². The summed E-state index contributed by atoms with van der Waals surface area (Å²) in [7, 11) is 0. The maximum absolute atomic E-state index is 11.7. The molecule has 0 bridgehead atoms. The van der Waals surface area contributed by atoms with Gasteiger partial charge in [0.25, 0.3) is 5.91 Å². The highest BCUT2D eigenvalue weighted by molar-refractivity contribution is 5.95. The summed E-state index contributed by atoms with van der Waals surface area (Å²) < 4.78 is 5.25. The molecule has 0 heterocycles. The van der Waals surface area contributed by atoms with Crippen LogP contribution >= 0.6 is 0 Å². The molecule has 0 radical (unpaired) electrons. The van der Waals surface area contributed by atoms with E-state index in [4.69, 9.17) is 4.74 Å². The molecule has 0 saturated heterocycles. The van der Waals surface area contributed by atoms with Gasteiger partial charge in [-0.15, -0.1) is 0 Å². The van der Waals surface area contributed by atoms with Gasteiger partial charge in [-0.25, -0.2) is 4.79 Å². The third-order valence-electron chi connectivity index (χ3n) is 3.56. The maximum atomic E-state index is 11.7. The second-order valence-electron chi connectivity index (χ2n) is 5.34. The summed E-state index contributed by atoms with van der Waals surface area (Å²) in [6.45, 7) is -0.277. The molecular weight excluding hydrogens is 284 g/mol. The predicted molar refractivity (Wildman–Crippen MR) is 80.9 cm³/mol. The molecule has 0 unspecified atom stereocenters. The lowest BCUT2D eigenvalue weighted by molar-refractivity contribution is -0.122. The Balaban J connectivity index is 1.72. The zero-order valence-electron chi connectivity index (χ0n) is 12.3. The van der Waals surface area contributed by atoms with E-state index >= 15 is 0 Å². The summed E-state index contributed by atoms with van der Waals surface area (Å²) in [4.78, 5) is 34.0. The number of urea groups is 1. The molecule has 6 heteroatoms. The van der Waals surface area contributed by atoms with Gasteiger partial charge in [0.05, 0.1) is 0 Å². The van der Waals surface area contributed by atoms with E-state index in [0.29, 0.717) is 17.6 Å². The Kier molecular flexibility index (Phi) is 5.94. The standard InChI is InChI=1S/C16H20N2O4/c19-10-12-5-4-8-14(9-12)22-11-15(20)18-16(21)17-13-6-2-1-3-7-13/h4-5,8-10,13H,1-3,6-7,11H2,(H2,17,18,20,21). The van der Waals surface area contributed by atoms with Crippen molar-refractivity contribution in [1.29, 1.82) is 0 Å². The van der Waals surface area contributed by atoms with Crippen LogP contribution in [0.3, 0.4) is 0 Å². The monoisotopic (exact) mass is 304 g/mol. The zero-order chi connectivity index (χ0) is 15.8. The van der Waals surface area contributed by atoms with Gasteiger partial charge in [-0.3, -0.25) is 14.9 Å². The average molecular weight is 304 g/mol. The molecule has 1 aromatic carbocycles. The van der Waals surface area contributed by atoms with Gasteiger partial charge >= 0.3 is 6.03 Å². The van der Waals surface area contributed by atoms with E-state index in [2.05, 4.69) is 10.6 Å². The summed E-state index contributed by atoms with van der Waals surface area (Å²) in [6.07, 6.45) is 6.02. The first-order chi connectivity index (χ1) is 10.7. The molecule has 3 amide bonds. The fourth-order valence-electron chi connectivity index (χ4n) is 2.46. The van der Waals surface area contributed by atoms with Crippen LogP contribution in [0.5, 0.6) is 5.75 Å². The summed E-state index contributed by atoms with van der Waals surface area (Å²) in [5.41, 5.74) is 0.466. The van der Waals surface area contributed by atoms with Crippen molar-refractivity contribution in [3.05, 3.63) is 29.8 Å². The van der Waals surface area contributed by atoms with E-state index in [9.17, 15) is 14.4 Å². The van der Waals surface area contributed by atoms with Crippen LogP contribution in [-0.4, -0.2) is 30.9 Å². The van der Waals surface area contributed by atoms with Crippen molar-refractivity contribution in [2.75, 3.05) is 6.61 Å². The van der Waals surface area contributed by atoms with Crippen LogP contribution in [0.25, 0.3) is 0 Å². The van der Waals surface area contributed by atoms with Gasteiger partial charge in [-0.1, -0.05) is 31.4 Å². The second kappa shape index (κ2) is 8.17. The van der Waals surface area contributed by atoms with Crippen LogP contribution in [0.4, 0.5) is 4.79 Å². The largest absolute Gasteiger partial charge is 0.484 e. The van der Waals surface area contributed by atoms with Gasteiger partial charge in [0.2, 0.25) is 0 Å². The van der Waals surface area contributed by atoms with Crippen molar-refractivity contribution in [3.63, 3.8) is 0 Å². The molecule has 2 rings (SSSR count). The number of carbonyl (C=O) groups is 3. The molecule has 1 fully saturated rings. The highest BCUT2D eigenvalue weighted by atomic mass is 16.5. The Morgan fingerprint density at radius 2 is 2.00 bits per heavy atom. The molecule has 2 N–H and O–H groups in total. The van der Waals surface area contributed by atoms with Crippen molar-refractivity contribution in [3.8, 4) is 5.75 Å². The predicted octanol–water partition coefficient (Wildman–Crippen LogP) is 2.04. The van der Waals surface area contributed by atoms with Crippen LogP contribution in [0, 0.1) is 0 Å². The SMILES string of the molecule is O=Cc1cccc(OCC(=O)NC(=O)NC2CCCCC2)c1. The van der Waals surface area contributed by atoms with E-state index in [1.807, 2.05) is 0 Å². The van der Waals surface area contributed by atoms with Gasteiger partial charge < -0.3 is 10.1 Å². The van der Waals surface area contributed by atoms with Gasteiger partial charge in [0, 0.05) is 11.6 Å². The lowest BCUT2D eigenvalue weighted by atomic mass is 9.96. The lowest BCUT2D eigenvalue weighted by Crippen LogP contribution is -2.46. The Labute approximate surface area is 129 Å². The normalized spacial score (nSPS) is 14.9. The lowest BCUT2D eigenvalue weighted by Gasteiger charge is -2.22. The molecule has 1 aromatic rings. The first-order valence-electron chi connectivity index (χ1n) is 7.46. The first kappa shape index (κ1) is 16.0. The van der Waals surface area contributed by atoms with E-state index in [1.165, 1.54) is 12.5 Å². The number of ether oxygens (including phenoxy) is 1. The van der Waals surface area contributed by atoms with Gasteiger partial charge in [-0.2, -0.15) is 0 Å². The summed E-state index contributed by atoms with van der Waals surface area (Å²) in [5, 5.41) is 5.04. The van der Waals surface area contributed by atoms with Crippen LogP contribution in [0.15, 0.2) is 24.3 Å². The minimum atomic E-state index is -0.523. The van der Waals surface area contributed by atoms with Crippen molar-refractivity contribution >= 4 is 18.2 Å². The fourth-order valence-corrected chi connectivity index (χ4v) is 2.46. The average Bonchev–Trinajstić information content (AvgIpc) is 2.54. The fraction of sp³-hybridized carbons (Fsp3) is 0.438. The van der Waals surface area contributed by atoms with Crippen LogP contribution < -0.4 is 15.4 Å². The van der Waals surface area contributed by atoms with E-state index in [0.717, 1.165) is 25.7 Å². The van der Waals surface area contributed by atoms with Crippen LogP contribution in [0.1, 0.15) is 42.5 Å². The minimum absolute atomic E-state index is 0.145. The third kappa shape index (κ3) is 5.20. The molecule has 0 atom stereocenters. The second-order valence-corrected chi connectivity index (χ2v) is 5.34. The Morgan fingerprint density at radius 3 is 2.73 bits per heavy atom. The molecule has 0 aromatic heterocycles. The van der Waals surface area contributed by atoms with Crippen molar-refractivity contribution < 1.29 is 19.1 Å². The van der Waals surface area contributed by atoms with Crippen molar-refractivity contribution in [2.45, 2.75) is 38.1 Å². The first-order valence-corrected chi connectivity index (χ1v) is 7.46. The van der Waals surface area contributed by atoms with Gasteiger partial charge in [0.1, 0.15) is 12.0 Å². The highest BCUT2D eigenvalue weighted by Crippen LogP contribution is 2.17. The molecule has 0 spiro atoms. The van der Waals surface area contributed by atoms with E-state index < -0.39 is 11.9 Å². The molecule has 6 nitrogen and oxygen atoms in total. The zero-order valence-corrected chi connectivity index (χ0v) is 12.3. The molecule has 0 aliphatic heterocycles. The Hall–Kier alpha value is -2.37. The highest BCUT2D eigenvalue weighted by Gasteiger charge is 2.17. The number of imide groups is 1. The van der Waals surface area contributed by atoms with Crippen LogP contribution in [-0.2, 0) is 4.79 Å². The molecular formula is C16H20N2O4. The van der Waals surface area contributed by atoms with E-state index in [-0.39, 0.29) is 12.6 Å².